The summed E-state index contributed by atoms with van der Waals surface area (Å²) in [6.45, 7) is -0.0535. The topological polar surface area (TPSA) is 127 Å². The first kappa shape index (κ1) is 15.9. The fraction of sp³-hybridized carbons (Fsp3) is 0.333. The van der Waals surface area contributed by atoms with Crippen LogP contribution in [-0.2, 0) is 17.8 Å². The van der Waals surface area contributed by atoms with Gasteiger partial charge in [-0.15, -0.1) is 0 Å². The molecule has 0 atom stereocenters. The largest absolute Gasteiger partial charge is 0.485 e. The van der Waals surface area contributed by atoms with Gasteiger partial charge in [-0.3, -0.25) is 9.59 Å². The SMILES string of the molecule is O=C1CCc2ccc(OCc3noc(C(=O)NCCO)n3)cc2N1. The monoisotopic (exact) mass is 332 g/mol. The van der Waals surface area contributed by atoms with Crippen LogP contribution in [0, 0.1) is 0 Å². The van der Waals surface area contributed by atoms with Crippen molar-refractivity contribution in [3.8, 4) is 5.75 Å². The minimum Gasteiger partial charge on any atom is -0.485 e. The third-order valence-electron chi connectivity index (χ3n) is 3.40. The number of fused-ring (bicyclic) bond motifs is 1. The van der Waals surface area contributed by atoms with Crippen LogP contribution >= 0.6 is 0 Å². The summed E-state index contributed by atoms with van der Waals surface area (Å²) >= 11 is 0. The molecule has 1 aromatic carbocycles. The number of carbonyl (C=O) groups is 2. The number of anilines is 1. The van der Waals surface area contributed by atoms with Gasteiger partial charge in [0, 0.05) is 24.7 Å². The van der Waals surface area contributed by atoms with Gasteiger partial charge in [-0.1, -0.05) is 11.2 Å². The first-order valence-electron chi connectivity index (χ1n) is 7.43. The number of amides is 2. The molecule has 2 amide bonds. The van der Waals surface area contributed by atoms with Gasteiger partial charge < -0.3 is 25.0 Å². The predicted molar refractivity (Wildman–Crippen MR) is 81.4 cm³/mol. The summed E-state index contributed by atoms with van der Waals surface area (Å²) in [6.07, 6.45) is 1.19. The van der Waals surface area contributed by atoms with Crippen LogP contribution in [0.5, 0.6) is 5.75 Å². The summed E-state index contributed by atoms with van der Waals surface area (Å²) in [4.78, 5) is 26.9. The van der Waals surface area contributed by atoms with Crippen LogP contribution < -0.4 is 15.4 Å². The van der Waals surface area contributed by atoms with Gasteiger partial charge in [-0.05, 0) is 18.1 Å². The molecule has 0 saturated carbocycles. The molecule has 24 heavy (non-hydrogen) atoms. The molecule has 0 fully saturated rings. The van der Waals surface area contributed by atoms with Crippen molar-refractivity contribution in [3.63, 3.8) is 0 Å². The number of nitrogens with one attached hydrogen (secondary N) is 2. The maximum Gasteiger partial charge on any atom is 0.316 e. The number of carbonyl (C=O) groups excluding carboxylic acids is 2. The highest BCUT2D eigenvalue weighted by molar-refractivity contribution is 5.94. The van der Waals surface area contributed by atoms with E-state index < -0.39 is 5.91 Å². The Kier molecular flexibility index (Phi) is 4.71. The summed E-state index contributed by atoms with van der Waals surface area (Å²) in [5.74, 6) is -0.00617. The molecule has 0 saturated heterocycles. The number of aliphatic hydroxyl groups is 1. The molecule has 0 aliphatic carbocycles. The lowest BCUT2D eigenvalue weighted by Gasteiger charge is -2.17. The zero-order chi connectivity index (χ0) is 16.9. The van der Waals surface area contributed by atoms with Gasteiger partial charge in [0.25, 0.3) is 0 Å². The normalized spacial score (nSPS) is 13.1. The van der Waals surface area contributed by atoms with Crippen molar-refractivity contribution >= 4 is 17.5 Å². The lowest BCUT2D eigenvalue weighted by atomic mass is 10.0. The van der Waals surface area contributed by atoms with Crippen LogP contribution in [0.3, 0.4) is 0 Å². The van der Waals surface area contributed by atoms with Crippen LogP contribution in [0.4, 0.5) is 5.69 Å². The highest BCUT2D eigenvalue weighted by atomic mass is 16.5. The average molecular weight is 332 g/mol. The number of aliphatic hydroxyl groups excluding tert-OH is 1. The predicted octanol–water partition coefficient (Wildman–Crippen LogP) is 0.255. The molecular formula is C15H16N4O5. The van der Waals surface area contributed by atoms with E-state index in [-0.39, 0.29) is 37.4 Å². The average Bonchev–Trinajstić information content (AvgIpc) is 3.06. The standard InChI is InChI=1S/C15H16N4O5/c20-6-5-16-14(22)15-18-12(19-24-15)8-23-10-3-1-9-2-4-13(21)17-11(9)7-10/h1,3,7,20H,2,4-6,8H2,(H,16,22)(H,17,21). The first-order chi connectivity index (χ1) is 11.7. The Morgan fingerprint density at radius 1 is 1.42 bits per heavy atom. The second kappa shape index (κ2) is 7.09. The number of aromatic nitrogens is 2. The summed E-state index contributed by atoms with van der Waals surface area (Å²) in [5, 5.41) is 17.5. The van der Waals surface area contributed by atoms with Crippen molar-refractivity contribution in [1.29, 1.82) is 0 Å². The van der Waals surface area contributed by atoms with Gasteiger partial charge in [0.05, 0.1) is 6.61 Å². The van der Waals surface area contributed by atoms with Gasteiger partial charge in [0.15, 0.2) is 6.61 Å². The Balaban J connectivity index is 1.60. The van der Waals surface area contributed by atoms with Gasteiger partial charge in [0.2, 0.25) is 11.7 Å². The number of aryl methyl sites for hydroxylation is 1. The van der Waals surface area contributed by atoms with E-state index >= 15 is 0 Å². The zero-order valence-corrected chi connectivity index (χ0v) is 12.7. The highest BCUT2D eigenvalue weighted by Crippen LogP contribution is 2.27. The maximum atomic E-state index is 11.6. The number of hydrogen-bond acceptors (Lipinski definition) is 7. The third kappa shape index (κ3) is 3.69. The summed E-state index contributed by atoms with van der Waals surface area (Å²) in [7, 11) is 0. The first-order valence-corrected chi connectivity index (χ1v) is 7.43. The molecule has 0 radical (unpaired) electrons. The molecule has 3 N–H and O–H groups in total. The Morgan fingerprint density at radius 2 is 2.29 bits per heavy atom. The molecule has 2 heterocycles. The van der Waals surface area contributed by atoms with Gasteiger partial charge in [-0.25, -0.2) is 0 Å². The minimum atomic E-state index is -0.556. The molecule has 9 heteroatoms. The fourth-order valence-electron chi connectivity index (χ4n) is 2.24. The lowest BCUT2D eigenvalue weighted by molar-refractivity contribution is -0.116. The molecule has 9 nitrogen and oxygen atoms in total. The Bertz CT molecular complexity index is 758. The third-order valence-corrected chi connectivity index (χ3v) is 3.40. The van der Waals surface area contributed by atoms with E-state index in [1.165, 1.54) is 0 Å². The van der Waals surface area contributed by atoms with Crippen molar-refractivity contribution in [1.82, 2.24) is 15.5 Å². The number of benzene rings is 1. The van der Waals surface area contributed by atoms with Crippen LogP contribution in [0.25, 0.3) is 0 Å². The van der Waals surface area contributed by atoms with Crippen LogP contribution in [0.15, 0.2) is 22.7 Å². The number of rotatable bonds is 6. The molecule has 126 valence electrons. The van der Waals surface area contributed by atoms with Crippen molar-refractivity contribution in [2.75, 3.05) is 18.5 Å². The minimum absolute atomic E-state index is 0.0173. The van der Waals surface area contributed by atoms with Crippen LogP contribution in [0.2, 0.25) is 0 Å². The lowest BCUT2D eigenvalue weighted by Crippen LogP contribution is -2.26. The van der Waals surface area contributed by atoms with Crippen molar-refractivity contribution in [2.45, 2.75) is 19.4 Å². The molecule has 1 aromatic heterocycles. The molecular weight excluding hydrogens is 316 g/mol. The molecule has 3 rings (SSSR count). The Hall–Kier alpha value is -2.94. The maximum absolute atomic E-state index is 11.6. The highest BCUT2D eigenvalue weighted by Gasteiger charge is 2.17. The van der Waals surface area contributed by atoms with Crippen LogP contribution in [0.1, 0.15) is 28.5 Å². The number of nitrogens with zero attached hydrogens (tertiary/aromatic N) is 2. The van der Waals surface area contributed by atoms with E-state index in [0.717, 1.165) is 11.3 Å². The summed E-state index contributed by atoms with van der Waals surface area (Å²) in [6, 6.07) is 5.43. The van der Waals surface area contributed by atoms with Gasteiger partial charge in [-0.2, -0.15) is 4.98 Å². The van der Waals surface area contributed by atoms with E-state index in [0.29, 0.717) is 18.6 Å². The number of hydrogen-bond donors (Lipinski definition) is 3. The van der Waals surface area contributed by atoms with E-state index in [1.54, 1.807) is 12.1 Å². The molecule has 1 aliphatic rings. The Morgan fingerprint density at radius 3 is 3.12 bits per heavy atom. The molecule has 1 aliphatic heterocycles. The Labute approximate surface area is 137 Å². The second-order valence-corrected chi connectivity index (χ2v) is 5.15. The molecule has 0 spiro atoms. The van der Waals surface area contributed by atoms with Gasteiger partial charge in [0.1, 0.15) is 5.75 Å². The van der Waals surface area contributed by atoms with Crippen molar-refractivity contribution in [2.24, 2.45) is 0 Å². The van der Waals surface area contributed by atoms with E-state index in [1.807, 2.05) is 6.07 Å². The van der Waals surface area contributed by atoms with E-state index in [9.17, 15) is 9.59 Å². The number of ether oxygens (including phenoxy) is 1. The van der Waals surface area contributed by atoms with E-state index in [2.05, 4.69) is 20.8 Å². The molecule has 0 bridgehead atoms. The quantitative estimate of drug-likeness (QED) is 0.692. The summed E-state index contributed by atoms with van der Waals surface area (Å²) < 4.78 is 10.4. The smallest absolute Gasteiger partial charge is 0.316 e. The van der Waals surface area contributed by atoms with E-state index in [4.69, 9.17) is 14.4 Å². The zero-order valence-electron chi connectivity index (χ0n) is 12.7. The molecule has 0 unspecified atom stereocenters. The fourth-order valence-corrected chi connectivity index (χ4v) is 2.24. The molecule has 2 aromatic rings. The van der Waals surface area contributed by atoms with Gasteiger partial charge >= 0.3 is 11.8 Å². The van der Waals surface area contributed by atoms with Crippen LogP contribution in [-0.4, -0.2) is 40.2 Å². The summed E-state index contributed by atoms with van der Waals surface area (Å²) in [5.41, 5.74) is 1.80. The van der Waals surface area contributed by atoms with Crippen molar-refractivity contribution < 1.29 is 24.0 Å². The second-order valence-electron chi connectivity index (χ2n) is 5.15. The van der Waals surface area contributed by atoms with Crippen molar-refractivity contribution in [3.05, 3.63) is 35.5 Å².